The lowest BCUT2D eigenvalue weighted by molar-refractivity contribution is -0.122. The fourth-order valence-corrected chi connectivity index (χ4v) is 1.98. The predicted molar refractivity (Wildman–Crippen MR) is 75.6 cm³/mol. The fourth-order valence-electron chi connectivity index (χ4n) is 1.77. The third-order valence-corrected chi connectivity index (χ3v) is 2.90. The maximum Gasteiger partial charge on any atom is 0.236 e. The molecule has 100 valence electrons. The molecule has 0 heterocycles. The third kappa shape index (κ3) is 5.52. The zero-order valence-corrected chi connectivity index (χ0v) is 11.7. The van der Waals surface area contributed by atoms with Crippen molar-refractivity contribution < 1.29 is 4.79 Å². The van der Waals surface area contributed by atoms with Gasteiger partial charge in [0.05, 0.1) is 6.04 Å². The topological polar surface area (TPSA) is 55.1 Å². The maximum absolute atomic E-state index is 11.7. The molecule has 3 N–H and O–H groups in total. The minimum atomic E-state index is -0.413. The molecule has 1 rings (SSSR count). The van der Waals surface area contributed by atoms with Crippen LogP contribution in [0, 0.1) is 5.92 Å². The molecule has 3 nitrogen and oxygen atoms in total. The number of carbonyl (C=O) groups excluding carboxylic acids is 1. The number of rotatable bonds is 6. The van der Waals surface area contributed by atoms with Gasteiger partial charge in [0.15, 0.2) is 0 Å². The van der Waals surface area contributed by atoms with Gasteiger partial charge >= 0.3 is 0 Å². The Labute approximate surface area is 114 Å². The standard InChI is InChI=1S/C14H21ClN2O/c1-10(2)8-13(16)14(18)17-7-6-11-4-3-5-12(15)9-11/h3-5,9-10,13H,6-8,16H2,1-2H3,(H,17,18). The molecule has 0 radical (unpaired) electrons. The summed E-state index contributed by atoms with van der Waals surface area (Å²) in [4.78, 5) is 11.7. The van der Waals surface area contributed by atoms with Crippen LogP contribution in [0.3, 0.4) is 0 Å². The number of nitrogens with two attached hydrogens (primary N) is 1. The average molecular weight is 269 g/mol. The van der Waals surface area contributed by atoms with Gasteiger partial charge < -0.3 is 11.1 Å². The first-order valence-electron chi connectivity index (χ1n) is 6.26. The van der Waals surface area contributed by atoms with Crippen molar-refractivity contribution in [2.45, 2.75) is 32.7 Å². The Bertz CT molecular complexity index is 393. The number of benzene rings is 1. The lowest BCUT2D eigenvalue weighted by Gasteiger charge is -2.14. The molecule has 0 aliphatic rings. The number of hydrogen-bond acceptors (Lipinski definition) is 2. The highest BCUT2D eigenvalue weighted by Gasteiger charge is 2.13. The van der Waals surface area contributed by atoms with E-state index in [0.717, 1.165) is 17.0 Å². The molecule has 1 unspecified atom stereocenters. The van der Waals surface area contributed by atoms with Crippen LogP contribution in [0.2, 0.25) is 5.02 Å². The van der Waals surface area contributed by atoms with Gasteiger partial charge in [-0.15, -0.1) is 0 Å². The summed E-state index contributed by atoms with van der Waals surface area (Å²) in [6, 6.07) is 7.23. The molecule has 0 saturated carbocycles. The van der Waals surface area contributed by atoms with Gasteiger partial charge in [-0.1, -0.05) is 37.6 Å². The summed E-state index contributed by atoms with van der Waals surface area (Å²) in [5, 5.41) is 3.57. The molecule has 0 saturated heterocycles. The Morgan fingerprint density at radius 3 is 2.78 bits per heavy atom. The second-order valence-corrected chi connectivity index (χ2v) is 5.34. The molecule has 0 fully saturated rings. The van der Waals surface area contributed by atoms with Gasteiger partial charge in [0.2, 0.25) is 5.91 Å². The van der Waals surface area contributed by atoms with Crippen LogP contribution in [0.25, 0.3) is 0 Å². The van der Waals surface area contributed by atoms with Crippen molar-refractivity contribution in [2.24, 2.45) is 11.7 Å². The normalized spacial score (nSPS) is 12.5. The molecule has 18 heavy (non-hydrogen) atoms. The summed E-state index contributed by atoms with van der Waals surface area (Å²) in [7, 11) is 0. The predicted octanol–water partition coefficient (Wildman–Crippen LogP) is 2.37. The van der Waals surface area contributed by atoms with Gasteiger partial charge in [-0.05, 0) is 36.5 Å². The molecule has 1 amide bonds. The summed E-state index contributed by atoms with van der Waals surface area (Å²) in [6.07, 6.45) is 1.48. The minimum Gasteiger partial charge on any atom is -0.354 e. The maximum atomic E-state index is 11.7. The third-order valence-electron chi connectivity index (χ3n) is 2.66. The van der Waals surface area contributed by atoms with E-state index < -0.39 is 6.04 Å². The van der Waals surface area contributed by atoms with E-state index in [-0.39, 0.29) is 5.91 Å². The van der Waals surface area contributed by atoms with E-state index in [9.17, 15) is 4.79 Å². The molecular formula is C14H21ClN2O. The van der Waals surface area contributed by atoms with Crippen LogP contribution in [0.4, 0.5) is 0 Å². The van der Waals surface area contributed by atoms with Crippen molar-refractivity contribution in [3.05, 3.63) is 34.9 Å². The van der Waals surface area contributed by atoms with E-state index in [0.29, 0.717) is 18.9 Å². The molecule has 0 spiro atoms. The van der Waals surface area contributed by atoms with Crippen LogP contribution in [-0.2, 0) is 11.2 Å². The van der Waals surface area contributed by atoms with Gasteiger partial charge in [0.25, 0.3) is 0 Å². The van der Waals surface area contributed by atoms with Crippen molar-refractivity contribution in [1.82, 2.24) is 5.32 Å². The lowest BCUT2D eigenvalue weighted by Crippen LogP contribution is -2.42. The highest BCUT2D eigenvalue weighted by atomic mass is 35.5. The summed E-state index contributed by atoms with van der Waals surface area (Å²) in [5.74, 6) is 0.351. The average Bonchev–Trinajstić information content (AvgIpc) is 2.28. The molecule has 1 atom stereocenters. The van der Waals surface area contributed by atoms with Gasteiger partial charge in [-0.2, -0.15) is 0 Å². The molecule has 0 bridgehead atoms. The second kappa shape index (κ2) is 7.39. The number of amides is 1. The first-order valence-corrected chi connectivity index (χ1v) is 6.64. The molecule has 1 aromatic rings. The molecule has 0 aromatic heterocycles. The minimum absolute atomic E-state index is 0.0780. The Balaban J connectivity index is 2.31. The van der Waals surface area contributed by atoms with Gasteiger partial charge in [0, 0.05) is 11.6 Å². The van der Waals surface area contributed by atoms with Gasteiger partial charge in [-0.25, -0.2) is 0 Å². The van der Waals surface area contributed by atoms with E-state index in [1.54, 1.807) is 0 Å². The monoisotopic (exact) mass is 268 g/mol. The van der Waals surface area contributed by atoms with Crippen LogP contribution in [0.15, 0.2) is 24.3 Å². The van der Waals surface area contributed by atoms with Crippen LogP contribution in [0.5, 0.6) is 0 Å². The van der Waals surface area contributed by atoms with Gasteiger partial charge in [-0.3, -0.25) is 4.79 Å². The Morgan fingerprint density at radius 2 is 2.17 bits per heavy atom. The number of halogens is 1. The molecule has 1 aromatic carbocycles. The van der Waals surface area contributed by atoms with Crippen molar-refractivity contribution in [3.63, 3.8) is 0 Å². The van der Waals surface area contributed by atoms with Crippen LogP contribution < -0.4 is 11.1 Å². The lowest BCUT2D eigenvalue weighted by atomic mass is 10.0. The number of hydrogen-bond donors (Lipinski definition) is 2. The van der Waals surface area contributed by atoms with E-state index in [1.165, 1.54) is 0 Å². The van der Waals surface area contributed by atoms with Crippen molar-refractivity contribution in [1.29, 1.82) is 0 Å². The summed E-state index contributed by atoms with van der Waals surface area (Å²) in [6.45, 7) is 4.70. The first kappa shape index (κ1) is 15.0. The van der Waals surface area contributed by atoms with E-state index in [1.807, 2.05) is 24.3 Å². The van der Waals surface area contributed by atoms with Crippen molar-refractivity contribution >= 4 is 17.5 Å². The Hall–Kier alpha value is -1.06. The smallest absolute Gasteiger partial charge is 0.236 e. The highest BCUT2D eigenvalue weighted by Crippen LogP contribution is 2.10. The van der Waals surface area contributed by atoms with Crippen LogP contribution in [-0.4, -0.2) is 18.5 Å². The van der Waals surface area contributed by atoms with E-state index in [2.05, 4.69) is 19.2 Å². The summed E-state index contributed by atoms with van der Waals surface area (Å²) < 4.78 is 0. The zero-order valence-electron chi connectivity index (χ0n) is 10.9. The Kier molecular flexibility index (Phi) is 6.16. The van der Waals surface area contributed by atoms with Crippen LogP contribution >= 0.6 is 11.6 Å². The van der Waals surface area contributed by atoms with Crippen molar-refractivity contribution in [3.8, 4) is 0 Å². The highest BCUT2D eigenvalue weighted by molar-refractivity contribution is 6.30. The quantitative estimate of drug-likeness (QED) is 0.832. The number of carbonyl (C=O) groups is 1. The van der Waals surface area contributed by atoms with Gasteiger partial charge in [0.1, 0.15) is 0 Å². The van der Waals surface area contributed by atoms with Crippen LogP contribution in [0.1, 0.15) is 25.8 Å². The summed E-state index contributed by atoms with van der Waals surface area (Å²) >= 11 is 5.89. The molecule has 4 heteroatoms. The molecular weight excluding hydrogens is 248 g/mol. The number of nitrogens with one attached hydrogen (secondary N) is 1. The first-order chi connectivity index (χ1) is 8.49. The summed E-state index contributed by atoms with van der Waals surface area (Å²) in [5.41, 5.74) is 6.90. The Morgan fingerprint density at radius 1 is 1.44 bits per heavy atom. The zero-order chi connectivity index (χ0) is 13.5. The SMILES string of the molecule is CC(C)CC(N)C(=O)NCCc1cccc(Cl)c1. The molecule has 0 aliphatic carbocycles. The van der Waals surface area contributed by atoms with E-state index >= 15 is 0 Å². The van der Waals surface area contributed by atoms with Crippen molar-refractivity contribution in [2.75, 3.05) is 6.54 Å². The largest absolute Gasteiger partial charge is 0.354 e. The fraction of sp³-hybridized carbons (Fsp3) is 0.500. The second-order valence-electron chi connectivity index (χ2n) is 4.91. The molecule has 0 aliphatic heterocycles. The van der Waals surface area contributed by atoms with E-state index in [4.69, 9.17) is 17.3 Å².